The van der Waals surface area contributed by atoms with Crippen LogP contribution >= 0.6 is 0 Å². The quantitative estimate of drug-likeness (QED) is 0.872. The van der Waals surface area contributed by atoms with Crippen molar-refractivity contribution in [3.8, 4) is 5.75 Å². The van der Waals surface area contributed by atoms with Gasteiger partial charge in [0, 0.05) is 6.04 Å². The number of carbonyl (C=O) groups is 1. The minimum atomic E-state index is -0.360. The second-order valence-electron chi connectivity index (χ2n) is 5.58. The second kappa shape index (κ2) is 6.35. The van der Waals surface area contributed by atoms with Crippen molar-refractivity contribution >= 4 is 6.09 Å². The van der Waals surface area contributed by atoms with Crippen LogP contribution in [0.1, 0.15) is 36.9 Å². The Balaban J connectivity index is 1.66. The molecule has 21 heavy (non-hydrogen) atoms. The van der Waals surface area contributed by atoms with E-state index in [1.807, 2.05) is 6.07 Å². The number of amides is 1. The zero-order chi connectivity index (χ0) is 14.7. The summed E-state index contributed by atoms with van der Waals surface area (Å²) in [7, 11) is 0. The molecule has 5 nitrogen and oxygen atoms in total. The smallest absolute Gasteiger partial charge is 0.407 e. The molecule has 1 amide bonds. The molecule has 1 aliphatic carbocycles. The molecule has 0 bridgehead atoms. The minimum absolute atomic E-state index is 0.196. The Morgan fingerprint density at radius 3 is 3.14 bits per heavy atom. The van der Waals surface area contributed by atoms with Crippen LogP contribution in [0.5, 0.6) is 5.75 Å². The highest BCUT2D eigenvalue weighted by Crippen LogP contribution is 2.32. The Bertz CT molecular complexity index is 518. The van der Waals surface area contributed by atoms with Gasteiger partial charge in [0.1, 0.15) is 12.4 Å². The minimum Gasteiger partial charge on any atom is -0.490 e. The molecule has 1 aromatic rings. The van der Waals surface area contributed by atoms with Crippen LogP contribution in [0.25, 0.3) is 0 Å². The van der Waals surface area contributed by atoms with Gasteiger partial charge in [-0.15, -0.1) is 0 Å². The summed E-state index contributed by atoms with van der Waals surface area (Å²) in [6, 6.07) is 6.73. The Hall–Kier alpha value is -1.75. The molecule has 0 aromatic heterocycles. The summed E-state index contributed by atoms with van der Waals surface area (Å²) in [4.78, 5) is 11.0. The van der Waals surface area contributed by atoms with Gasteiger partial charge in [-0.2, -0.15) is 0 Å². The number of aryl methyl sites for hydroxylation is 1. The lowest BCUT2D eigenvalue weighted by Crippen LogP contribution is -2.25. The molecule has 114 valence electrons. The normalized spacial score (nSPS) is 24.1. The molecule has 5 heteroatoms. The van der Waals surface area contributed by atoms with Gasteiger partial charge in [0.15, 0.2) is 6.10 Å². The molecule has 2 unspecified atom stereocenters. The molecule has 1 heterocycles. The Labute approximate surface area is 125 Å². The number of benzene rings is 1. The van der Waals surface area contributed by atoms with E-state index in [9.17, 15) is 4.79 Å². The first-order valence-electron chi connectivity index (χ1n) is 7.69. The lowest BCUT2D eigenvalue weighted by Gasteiger charge is -2.26. The van der Waals surface area contributed by atoms with Crippen LogP contribution in [0.4, 0.5) is 4.79 Å². The number of hydrogen-bond acceptors (Lipinski definition) is 4. The molecule has 0 spiro atoms. The van der Waals surface area contributed by atoms with Crippen LogP contribution < -0.4 is 15.4 Å². The highest BCUT2D eigenvalue weighted by atomic mass is 16.6. The number of fused-ring (bicyclic) bond motifs is 1. The van der Waals surface area contributed by atoms with Gasteiger partial charge < -0.3 is 20.1 Å². The fraction of sp³-hybridized carbons (Fsp3) is 0.562. The van der Waals surface area contributed by atoms with Crippen molar-refractivity contribution in [2.24, 2.45) is 0 Å². The number of hydrogen-bond donors (Lipinski definition) is 2. The number of alkyl carbamates (subject to hydrolysis) is 1. The van der Waals surface area contributed by atoms with Crippen LogP contribution in [0.3, 0.4) is 0 Å². The predicted molar refractivity (Wildman–Crippen MR) is 79.6 cm³/mol. The third-order valence-electron chi connectivity index (χ3n) is 4.07. The van der Waals surface area contributed by atoms with E-state index >= 15 is 0 Å². The standard InChI is InChI=1S/C16H22N2O3/c1-2-17-15-5-3-4-11-6-7-12(8-14(11)15)20-10-13-9-18-16(19)21-13/h6-8,13,15,17H,2-5,9-10H2,1H3,(H,18,19). The fourth-order valence-corrected chi connectivity index (χ4v) is 3.04. The predicted octanol–water partition coefficient (Wildman–Crippen LogP) is 2.16. The van der Waals surface area contributed by atoms with Crippen LogP contribution in [0, 0.1) is 0 Å². The van der Waals surface area contributed by atoms with E-state index < -0.39 is 0 Å². The molecule has 1 aliphatic heterocycles. The Morgan fingerprint density at radius 2 is 2.38 bits per heavy atom. The largest absolute Gasteiger partial charge is 0.490 e. The van der Waals surface area contributed by atoms with E-state index in [0.717, 1.165) is 18.7 Å². The van der Waals surface area contributed by atoms with E-state index in [0.29, 0.717) is 19.2 Å². The number of rotatable bonds is 5. The van der Waals surface area contributed by atoms with Gasteiger partial charge in [0.2, 0.25) is 0 Å². The maximum absolute atomic E-state index is 11.0. The average molecular weight is 290 g/mol. The molecular weight excluding hydrogens is 268 g/mol. The zero-order valence-corrected chi connectivity index (χ0v) is 12.4. The number of cyclic esters (lactones) is 1. The summed E-state index contributed by atoms with van der Waals surface area (Å²) < 4.78 is 10.9. The van der Waals surface area contributed by atoms with Crippen molar-refractivity contribution in [2.75, 3.05) is 19.7 Å². The van der Waals surface area contributed by atoms with Gasteiger partial charge in [0.05, 0.1) is 6.54 Å². The van der Waals surface area contributed by atoms with E-state index in [1.54, 1.807) is 0 Å². The first-order valence-corrected chi connectivity index (χ1v) is 7.69. The van der Waals surface area contributed by atoms with E-state index in [1.165, 1.54) is 24.0 Å². The van der Waals surface area contributed by atoms with Gasteiger partial charge in [-0.25, -0.2) is 4.79 Å². The first-order chi connectivity index (χ1) is 10.3. The number of carbonyl (C=O) groups excluding carboxylic acids is 1. The molecule has 2 atom stereocenters. The van der Waals surface area contributed by atoms with Crippen molar-refractivity contribution in [3.63, 3.8) is 0 Å². The average Bonchev–Trinajstić information content (AvgIpc) is 2.91. The van der Waals surface area contributed by atoms with Crippen molar-refractivity contribution < 1.29 is 14.3 Å². The van der Waals surface area contributed by atoms with Crippen LogP contribution in [-0.4, -0.2) is 31.9 Å². The molecule has 2 N–H and O–H groups in total. The van der Waals surface area contributed by atoms with Gasteiger partial charge in [-0.3, -0.25) is 0 Å². The van der Waals surface area contributed by atoms with Gasteiger partial charge in [-0.1, -0.05) is 13.0 Å². The summed E-state index contributed by atoms with van der Waals surface area (Å²) >= 11 is 0. The lowest BCUT2D eigenvalue weighted by atomic mass is 9.87. The second-order valence-corrected chi connectivity index (χ2v) is 5.58. The van der Waals surface area contributed by atoms with E-state index in [-0.39, 0.29) is 12.2 Å². The molecule has 1 aromatic carbocycles. The summed E-state index contributed by atoms with van der Waals surface area (Å²) in [5, 5.41) is 6.16. The number of ether oxygens (including phenoxy) is 2. The first kappa shape index (κ1) is 14.2. The summed E-state index contributed by atoms with van der Waals surface area (Å²) in [6.07, 6.45) is 2.99. The molecule has 0 radical (unpaired) electrons. The van der Waals surface area contributed by atoms with E-state index in [2.05, 4.69) is 29.7 Å². The van der Waals surface area contributed by atoms with Crippen molar-refractivity contribution in [1.29, 1.82) is 0 Å². The molecule has 2 aliphatic rings. The Kier molecular flexibility index (Phi) is 4.29. The highest BCUT2D eigenvalue weighted by Gasteiger charge is 2.24. The van der Waals surface area contributed by atoms with Crippen LogP contribution in [-0.2, 0) is 11.2 Å². The molecular formula is C16H22N2O3. The van der Waals surface area contributed by atoms with E-state index in [4.69, 9.17) is 9.47 Å². The third kappa shape index (κ3) is 3.29. The third-order valence-corrected chi connectivity index (χ3v) is 4.07. The SMILES string of the molecule is CCNC1CCCc2ccc(OCC3CNC(=O)O3)cc21. The lowest BCUT2D eigenvalue weighted by molar-refractivity contribution is 0.105. The van der Waals surface area contributed by atoms with Gasteiger partial charge >= 0.3 is 6.09 Å². The molecule has 0 saturated carbocycles. The highest BCUT2D eigenvalue weighted by molar-refractivity contribution is 5.69. The maximum Gasteiger partial charge on any atom is 0.407 e. The molecule has 1 saturated heterocycles. The summed E-state index contributed by atoms with van der Waals surface area (Å²) in [5.41, 5.74) is 2.76. The van der Waals surface area contributed by atoms with Crippen molar-refractivity contribution in [1.82, 2.24) is 10.6 Å². The molecule has 1 fully saturated rings. The van der Waals surface area contributed by atoms with Gasteiger partial charge in [0.25, 0.3) is 0 Å². The zero-order valence-electron chi connectivity index (χ0n) is 12.4. The van der Waals surface area contributed by atoms with Crippen LogP contribution in [0.15, 0.2) is 18.2 Å². The monoisotopic (exact) mass is 290 g/mol. The van der Waals surface area contributed by atoms with Gasteiger partial charge in [-0.05, 0) is 49.1 Å². The maximum atomic E-state index is 11.0. The molecule has 3 rings (SSSR count). The summed E-state index contributed by atoms with van der Waals surface area (Å²) in [6.45, 7) is 4.02. The topological polar surface area (TPSA) is 59.6 Å². The summed E-state index contributed by atoms with van der Waals surface area (Å²) in [5.74, 6) is 0.849. The fourth-order valence-electron chi connectivity index (χ4n) is 3.04. The number of nitrogens with one attached hydrogen (secondary N) is 2. The van der Waals surface area contributed by atoms with Crippen LogP contribution in [0.2, 0.25) is 0 Å². The van der Waals surface area contributed by atoms with Crippen molar-refractivity contribution in [3.05, 3.63) is 29.3 Å². The van der Waals surface area contributed by atoms with Crippen molar-refractivity contribution in [2.45, 2.75) is 38.3 Å². The Morgan fingerprint density at radius 1 is 1.48 bits per heavy atom.